The van der Waals surface area contributed by atoms with E-state index in [1.165, 1.54) is 12.1 Å². The number of anilines is 1. The Morgan fingerprint density at radius 1 is 1.03 bits per heavy atom. The van der Waals surface area contributed by atoms with Gasteiger partial charge in [0.05, 0.1) is 5.56 Å². The first-order chi connectivity index (χ1) is 14.8. The zero-order valence-corrected chi connectivity index (χ0v) is 17.4. The van der Waals surface area contributed by atoms with Gasteiger partial charge in [-0.05, 0) is 66.3 Å². The number of pyridine rings is 1. The SMILES string of the molecule is C=CCc1cc(CCN(Cc2ccc(C(F)(F)F)cc2)c2ccc(C)cn2)ccc1O. The molecule has 0 aliphatic rings. The number of aryl methyl sites for hydroxylation is 1. The molecule has 0 aliphatic carbocycles. The lowest BCUT2D eigenvalue weighted by Crippen LogP contribution is -2.26. The third-order valence-electron chi connectivity index (χ3n) is 5.05. The predicted octanol–water partition coefficient (Wildman–Crippen LogP) is 6.09. The molecule has 0 amide bonds. The molecule has 0 unspecified atom stereocenters. The van der Waals surface area contributed by atoms with E-state index in [4.69, 9.17) is 0 Å². The van der Waals surface area contributed by atoms with Crippen molar-refractivity contribution in [2.24, 2.45) is 0 Å². The lowest BCUT2D eigenvalue weighted by molar-refractivity contribution is -0.137. The van der Waals surface area contributed by atoms with Crippen molar-refractivity contribution in [3.05, 3.63) is 101 Å². The minimum Gasteiger partial charge on any atom is -0.508 e. The van der Waals surface area contributed by atoms with E-state index in [1.54, 1.807) is 18.3 Å². The third kappa shape index (κ3) is 6.10. The van der Waals surface area contributed by atoms with Crippen molar-refractivity contribution in [1.29, 1.82) is 0 Å². The summed E-state index contributed by atoms with van der Waals surface area (Å²) >= 11 is 0. The monoisotopic (exact) mass is 426 g/mol. The molecule has 0 saturated carbocycles. The average molecular weight is 426 g/mol. The first-order valence-electron chi connectivity index (χ1n) is 10.0. The molecule has 0 atom stereocenters. The molecule has 1 heterocycles. The Kier molecular flexibility index (Phi) is 7.00. The highest BCUT2D eigenvalue weighted by atomic mass is 19.4. The maximum atomic E-state index is 12.9. The van der Waals surface area contributed by atoms with Crippen LogP contribution in [0.25, 0.3) is 0 Å². The fraction of sp³-hybridized carbons (Fsp3) is 0.240. The molecule has 3 nitrogen and oxygen atoms in total. The first kappa shape index (κ1) is 22.4. The van der Waals surface area contributed by atoms with Crippen molar-refractivity contribution in [2.45, 2.75) is 32.5 Å². The van der Waals surface area contributed by atoms with Crippen LogP contribution in [-0.4, -0.2) is 16.6 Å². The minimum absolute atomic E-state index is 0.241. The molecule has 0 radical (unpaired) electrons. The zero-order valence-electron chi connectivity index (χ0n) is 17.4. The molecule has 3 aromatic rings. The van der Waals surface area contributed by atoms with Gasteiger partial charge in [-0.15, -0.1) is 6.58 Å². The molecule has 162 valence electrons. The maximum Gasteiger partial charge on any atom is 0.416 e. The summed E-state index contributed by atoms with van der Waals surface area (Å²) in [6.07, 6.45) is 0.442. The smallest absolute Gasteiger partial charge is 0.416 e. The summed E-state index contributed by atoms with van der Waals surface area (Å²) in [5, 5.41) is 9.97. The van der Waals surface area contributed by atoms with Gasteiger partial charge in [-0.3, -0.25) is 0 Å². The standard InChI is InChI=1S/C25H25F3N2O/c1-3-4-21-15-19(8-11-23(21)31)13-14-30(24-12-5-18(2)16-29-24)17-20-6-9-22(10-7-20)25(26,27)28/h3,5-12,15-16,31H,1,4,13-14,17H2,2H3. The minimum atomic E-state index is -4.35. The van der Waals surface area contributed by atoms with Gasteiger partial charge in [-0.2, -0.15) is 13.2 Å². The van der Waals surface area contributed by atoms with Crippen molar-refractivity contribution in [2.75, 3.05) is 11.4 Å². The second-order valence-electron chi connectivity index (χ2n) is 7.52. The van der Waals surface area contributed by atoms with Gasteiger partial charge in [-0.25, -0.2) is 4.98 Å². The van der Waals surface area contributed by atoms with Crippen LogP contribution in [0.2, 0.25) is 0 Å². The van der Waals surface area contributed by atoms with Gasteiger partial charge in [0, 0.05) is 19.3 Å². The Morgan fingerprint density at radius 2 is 1.74 bits per heavy atom. The number of hydrogen-bond donors (Lipinski definition) is 1. The van der Waals surface area contributed by atoms with Crippen LogP contribution in [0.3, 0.4) is 0 Å². The van der Waals surface area contributed by atoms with E-state index in [0.717, 1.165) is 40.2 Å². The van der Waals surface area contributed by atoms with Gasteiger partial charge in [0.1, 0.15) is 11.6 Å². The fourth-order valence-electron chi connectivity index (χ4n) is 3.32. The molecular formula is C25H25F3N2O. The van der Waals surface area contributed by atoms with Crippen molar-refractivity contribution >= 4 is 5.82 Å². The summed E-state index contributed by atoms with van der Waals surface area (Å²) in [6.45, 7) is 6.73. The highest BCUT2D eigenvalue weighted by molar-refractivity contribution is 5.42. The molecule has 1 N–H and O–H groups in total. The maximum absolute atomic E-state index is 12.9. The highest BCUT2D eigenvalue weighted by Gasteiger charge is 2.30. The van der Waals surface area contributed by atoms with Crippen LogP contribution in [0.1, 0.15) is 27.8 Å². The Labute approximate surface area is 180 Å². The average Bonchev–Trinajstić information content (AvgIpc) is 2.74. The highest BCUT2D eigenvalue weighted by Crippen LogP contribution is 2.29. The predicted molar refractivity (Wildman–Crippen MR) is 117 cm³/mol. The molecule has 3 rings (SSSR count). The van der Waals surface area contributed by atoms with Crippen LogP contribution in [0.4, 0.5) is 19.0 Å². The number of alkyl halides is 3. The molecule has 0 spiro atoms. The Balaban J connectivity index is 1.79. The normalized spacial score (nSPS) is 11.4. The lowest BCUT2D eigenvalue weighted by Gasteiger charge is -2.24. The molecule has 2 aromatic carbocycles. The summed E-state index contributed by atoms with van der Waals surface area (Å²) < 4.78 is 38.6. The lowest BCUT2D eigenvalue weighted by atomic mass is 10.0. The van der Waals surface area contributed by atoms with Gasteiger partial charge in [0.2, 0.25) is 0 Å². The topological polar surface area (TPSA) is 36.4 Å². The number of halogens is 3. The number of aromatic hydroxyl groups is 1. The summed E-state index contributed by atoms with van der Waals surface area (Å²) in [4.78, 5) is 6.54. The number of benzene rings is 2. The van der Waals surface area contributed by atoms with Gasteiger partial charge in [0.15, 0.2) is 0 Å². The van der Waals surface area contributed by atoms with E-state index in [0.29, 0.717) is 25.9 Å². The zero-order chi connectivity index (χ0) is 22.4. The Morgan fingerprint density at radius 3 is 2.35 bits per heavy atom. The van der Waals surface area contributed by atoms with Crippen LogP contribution < -0.4 is 4.90 Å². The molecular weight excluding hydrogens is 401 g/mol. The van der Waals surface area contributed by atoms with Crippen LogP contribution in [0, 0.1) is 6.92 Å². The van der Waals surface area contributed by atoms with E-state index in [-0.39, 0.29) is 5.75 Å². The fourth-order valence-corrected chi connectivity index (χ4v) is 3.32. The summed E-state index contributed by atoms with van der Waals surface area (Å²) in [5.41, 5.74) is 3.02. The second kappa shape index (κ2) is 9.69. The van der Waals surface area contributed by atoms with E-state index in [2.05, 4.69) is 11.6 Å². The van der Waals surface area contributed by atoms with Gasteiger partial charge >= 0.3 is 6.18 Å². The van der Waals surface area contributed by atoms with Crippen LogP contribution in [-0.2, 0) is 25.6 Å². The largest absolute Gasteiger partial charge is 0.508 e. The van der Waals surface area contributed by atoms with Crippen LogP contribution in [0.5, 0.6) is 5.75 Å². The van der Waals surface area contributed by atoms with Crippen molar-refractivity contribution < 1.29 is 18.3 Å². The van der Waals surface area contributed by atoms with E-state index < -0.39 is 11.7 Å². The number of rotatable bonds is 8. The number of hydrogen-bond acceptors (Lipinski definition) is 3. The Hall–Kier alpha value is -3.28. The Bertz CT molecular complexity index is 1010. The second-order valence-corrected chi connectivity index (χ2v) is 7.52. The molecule has 6 heteroatoms. The first-order valence-corrected chi connectivity index (χ1v) is 10.0. The number of allylic oxidation sites excluding steroid dienone is 1. The third-order valence-corrected chi connectivity index (χ3v) is 5.05. The van der Waals surface area contributed by atoms with E-state index in [1.807, 2.05) is 36.1 Å². The van der Waals surface area contributed by atoms with E-state index >= 15 is 0 Å². The number of nitrogens with zero attached hydrogens (tertiary/aromatic N) is 2. The van der Waals surface area contributed by atoms with Crippen molar-refractivity contribution in [1.82, 2.24) is 4.98 Å². The van der Waals surface area contributed by atoms with Gasteiger partial charge < -0.3 is 10.0 Å². The van der Waals surface area contributed by atoms with Gasteiger partial charge in [-0.1, -0.05) is 36.4 Å². The molecule has 1 aromatic heterocycles. The molecule has 0 aliphatic heterocycles. The van der Waals surface area contributed by atoms with Crippen molar-refractivity contribution in [3.63, 3.8) is 0 Å². The number of aromatic nitrogens is 1. The van der Waals surface area contributed by atoms with Gasteiger partial charge in [0.25, 0.3) is 0 Å². The molecule has 0 saturated heterocycles. The molecule has 0 bridgehead atoms. The summed E-state index contributed by atoms with van der Waals surface area (Å²) in [5.74, 6) is 1.00. The molecule has 31 heavy (non-hydrogen) atoms. The van der Waals surface area contributed by atoms with E-state index in [9.17, 15) is 18.3 Å². The summed E-state index contributed by atoms with van der Waals surface area (Å²) in [7, 11) is 0. The number of phenols is 1. The quantitative estimate of drug-likeness (QED) is 0.443. The summed E-state index contributed by atoms with van der Waals surface area (Å²) in [6, 6.07) is 14.6. The molecule has 0 fully saturated rings. The van der Waals surface area contributed by atoms with Crippen LogP contribution in [0.15, 0.2) is 73.4 Å². The number of phenolic OH excluding ortho intramolecular Hbond substituents is 1. The van der Waals surface area contributed by atoms with Crippen LogP contribution >= 0.6 is 0 Å². The van der Waals surface area contributed by atoms with Crippen molar-refractivity contribution in [3.8, 4) is 5.75 Å².